The number of aromatic nitrogens is 1. The number of hydrogen-bond acceptors (Lipinski definition) is 4. The van der Waals surface area contributed by atoms with E-state index in [9.17, 15) is 0 Å². The van der Waals surface area contributed by atoms with E-state index in [0.717, 1.165) is 28.8 Å². The third kappa shape index (κ3) is 5.32. The minimum absolute atomic E-state index is 0.204. The first kappa shape index (κ1) is 18.4. The molecule has 2 N–H and O–H groups in total. The van der Waals surface area contributed by atoms with Crippen LogP contribution in [0.15, 0.2) is 35.3 Å². The summed E-state index contributed by atoms with van der Waals surface area (Å²) in [7, 11) is 1.70. The van der Waals surface area contributed by atoms with Gasteiger partial charge in [0.2, 0.25) is 0 Å². The quantitative estimate of drug-likeness (QED) is 0.597. The van der Waals surface area contributed by atoms with Crippen LogP contribution in [-0.4, -0.2) is 37.2 Å². The Bertz CT molecular complexity index is 654. The molecule has 0 fully saturated rings. The molecule has 6 heteroatoms. The monoisotopic (exact) mass is 346 g/mol. The van der Waals surface area contributed by atoms with Gasteiger partial charge in [0.05, 0.1) is 18.8 Å². The molecule has 5 nitrogen and oxygen atoms in total. The fraction of sp³-hybridized carbons (Fsp3) is 0.444. The zero-order valence-electron chi connectivity index (χ0n) is 14.8. The number of thiazole rings is 1. The molecule has 24 heavy (non-hydrogen) atoms. The van der Waals surface area contributed by atoms with Gasteiger partial charge in [-0.05, 0) is 20.8 Å². The van der Waals surface area contributed by atoms with E-state index in [-0.39, 0.29) is 6.04 Å². The van der Waals surface area contributed by atoms with Gasteiger partial charge in [0.1, 0.15) is 5.01 Å². The van der Waals surface area contributed by atoms with Gasteiger partial charge in [0.25, 0.3) is 0 Å². The fourth-order valence-electron chi connectivity index (χ4n) is 2.27. The van der Waals surface area contributed by atoms with Gasteiger partial charge in [-0.15, -0.1) is 11.3 Å². The van der Waals surface area contributed by atoms with E-state index >= 15 is 0 Å². The average Bonchev–Trinajstić information content (AvgIpc) is 2.95. The van der Waals surface area contributed by atoms with E-state index in [1.165, 1.54) is 4.88 Å². The molecule has 1 aromatic carbocycles. The Morgan fingerprint density at radius 3 is 2.75 bits per heavy atom. The number of rotatable bonds is 7. The molecule has 1 atom stereocenters. The molecule has 0 radical (unpaired) electrons. The Morgan fingerprint density at radius 1 is 1.33 bits per heavy atom. The van der Waals surface area contributed by atoms with Crippen LogP contribution in [0.25, 0.3) is 10.6 Å². The lowest BCUT2D eigenvalue weighted by Crippen LogP contribution is -2.43. The van der Waals surface area contributed by atoms with E-state index in [2.05, 4.69) is 46.6 Å². The molecule has 0 spiro atoms. The Kier molecular flexibility index (Phi) is 7.21. The molecule has 0 aliphatic heterocycles. The Morgan fingerprint density at radius 2 is 2.08 bits per heavy atom. The lowest BCUT2D eigenvalue weighted by atomic mass is 10.2. The summed E-state index contributed by atoms with van der Waals surface area (Å²) < 4.78 is 5.16. The van der Waals surface area contributed by atoms with Crippen molar-refractivity contribution in [1.82, 2.24) is 15.6 Å². The summed E-state index contributed by atoms with van der Waals surface area (Å²) in [5.74, 6) is 0.802. The zero-order valence-corrected chi connectivity index (χ0v) is 15.6. The predicted molar refractivity (Wildman–Crippen MR) is 102 cm³/mol. The molecule has 0 amide bonds. The van der Waals surface area contributed by atoms with Gasteiger partial charge >= 0.3 is 0 Å². The van der Waals surface area contributed by atoms with Crippen molar-refractivity contribution in [3.05, 3.63) is 40.9 Å². The highest BCUT2D eigenvalue weighted by Crippen LogP contribution is 2.28. The molecular weight excluding hydrogens is 320 g/mol. The SMILES string of the molecule is CCNC(=NCc1sc(-c2ccccc2)nc1C)NC(C)COC. The summed E-state index contributed by atoms with van der Waals surface area (Å²) in [6.45, 7) is 8.25. The largest absolute Gasteiger partial charge is 0.383 e. The van der Waals surface area contributed by atoms with Crippen LogP contribution < -0.4 is 10.6 Å². The molecule has 1 unspecified atom stereocenters. The van der Waals surface area contributed by atoms with Crippen LogP contribution in [0.5, 0.6) is 0 Å². The summed E-state index contributed by atoms with van der Waals surface area (Å²) in [5, 5.41) is 7.66. The number of hydrogen-bond donors (Lipinski definition) is 2. The second-order valence-electron chi connectivity index (χ2n) is 5.59. The van der Waals surface area contributed by atoms with Gasteiger partial charge in [-0.25, -0.2) is 9.98 Å². The van der Waals surface area contributed by atoms with E-state index in [1.807, 2.05) is 25.1 Å². The first-order valence-corrected chi connectivity index (χ1v) is 9.01. The number of guanidine groups is 1. The summed E-state index contributed by atoms with van der Waals surface area (Å²) in [4.78, 5) is 10.6. The molecule has 0 aliphatic rings. The van der Waals surface area contributed by atoms with E-state index in [4.69, 9.17) is 4.74 Å². The number of aryl methyl sites for hydroxylation is 1. The lowest BCUT2D eigenvalue weighted by molar-refractivity contribution is 0.179. The molecule has 0 saturated heterocycles. The van der Waals surface area contributed by atoms with E-state index in [1.54, 1.807) is 18.4 Å². The third-order valence-corrected chi connectivity index (χ3v) is 4.63. The summed E-state index contributed by atoms with van der Waals surface area (Å²) >= 11 is 1.70. The van der Waals surface area contributed by atoms with Crippen molar-refractivity contribution in [3.63, 3.8) is 0 Å². The minimum Gasteiger partial charge on any atom is -0.383 e. The standard InChI is InChI=1S/C18H26N4OS/c1-5-19-18(21-13(2)12-23-4)20-11-16-14(3)22-17(24-16)15-9-7-6-8-10-15/h6-10,13H,5,11-12H2,1-4H3,(H2,19,20,21). The molecule has 2 aromatic rings. The van der Waals surface area contributed by atoms with Crippen LogP contribution in [0, 0.1) is 6.92 Å². The van der Waals surface area contributed by atoms with Crippen molar-refractivity contribution < 1.29 is 4.74 Å². The minimum atomic E-state index is 0.204. The Hall–Kier alpha value is -1.92. The Labute approximate surface area is 148 Å². The smallest absolute Gasteiger partial charge is 0.191 e. The van der Waals surface area contributed by atoms with E-state index in [0.29, 0.717) is 13.2 Å². The fourth-order valence-corrected chi connectivity index (χ4v) is 3.27. The van der Waals surface area contributed by atoms with Crippen LogP contribution in [0.2, 0.25) is 0 Å². The van der Waals surface area contributed by atoms with Crippen LogP contribution in [0.3, 0.4) is 0 Å². The van der Waals surface area contributed by atoms with Crippen molar-refractivity contribution in [2.75, 3.05) is 20.3 Å². The molecule has 0 saturated carbocycles. The van der Waals surface area contributed by atoms with Gasteiger partial charge in [0.15, 0.2) is 5.96 Å². The van der Waals surface area contributed by atoms with Crippen LogP contribution >= 0.6 is 11.3 Å². The van der Waals surface area contributed by atoms with Gasteiger partial charge in [-0.2, -0.15) is 0 Å². The topological polar surface area (TPSA) is 58.5 Å². The number of methoxy groups -OCH3 is 1. The average molecular weight is 347 g/mol. The van der Waals surface area contributed by atoms with Gasteiger partial charge in [-0.1, -0.05) is 30.3 Å². The predicted octanol–water partition coefficient (Wildman–Crippen LogP) is 3.21. The molecule has 130 valence electrons. The highest BCUT2D eigenvalue weighted by atomic mass is 32.1. The number of ether oxygens (including phenoxy) is 1. The molecule has 2 rings (SSSR count). The number of aliphatic imine (C=N–C) groups is 1. The second-order valence-corrected chi connectivity index (χ2v) is 6.67. The van der Waals surface area contributed by atoms with Gasteiger partial charge < -0.3 is 15.4 Å². The summed E-state index contributed by atoms with van der Waals surface area (Å²) in [6.07, 6.45) is 0. The van der Waals surface area contributed by atoms with Gasteiger partial charge in [-0.3, -0.25) is 0 Å². The third-order valence-electron chi connectivity index (χ3n) is 3.44. The molecule has 0 bridgehead atoms. The molecule has 1 heterocycles. The van der Waals surface area contributed by atoms with Crippen LogP contribution in [-0.2, 0) is 11.3 Å². The van der Waals surface area contributed by atoms with Crippen molar-refractivity contribution in [2.24, 2.45) is 4.99 Å². The second kappa shape index (κ2) is 9.39. The van der Waals surface area contributed by atoms with Crippen LogP contribution in [0.4, 0.5) is 0 Å². The van der Waals surface area contributed by atoms with E-state index < -0.39 is 0 Å². The van der Waals surface area contributed by atoms with Crippen molar-refractivity contribution in [2.45, 2.75) is 33.4 Å². The Balaban J connectivity index is 2.09. The first-order chi connectivity index (χ1) is 11.6. The maximum absolute atomic E-state index is 5.16. The van der Waals surface area contributed by atoms with Crippen molar-refractivity contribution in [3.8, 4) is 10.6 Å². The maximum atomic E-state index is 5.16. The van der Waals surface area contributed by atoms with Gasteiger partial charge in [0, 0.05) is 30.1 Å². The summed E-state index contributed by atoms with van der Waals surface area (Å²) in [6, 6.07) is 10.5. The maximum Gasteiger partial charge on any atom is 0.191 e. The molecule has 1 aromatic heterocycles. The summed E-state index contributed by atoms with van der Waals surface area (Å²) in [5.41, 5.74) is 2.20. The highest BCUT2D eigenvalue weighted by molar-refractivity contribution is 7.15. The number of nitrogens with one attached hydrogen (secondary N) is 2. The van der Waals surface area contributed by atoms with Crippen LogP contribution in [0.1, 0.15) is 24.4 Å². The lowest BCUT2D eigenvalue weighted by Gasteiger charge is -2.16. The van der Waals surface area contributed by atoms with Crippen molar-refractivity contribution >= 4 is 17.3 Å². The normalized spacial score (nSPS) is 12.9. The molecule has 0 aliphatic carbocycles. The number of nitrogens with zero attached hydrogens (tertiary/aromatic N) is 2. The number of benzene rings is 1. The van der Waals surface area contributed by atoms with Crippen molar-refractivity contribution in [1.29, 1.82) is 0 Å². The molecular formula is C18H26N4OS. The highest BCUT2D eigenvalue weighted by Gasteiger charge is 2.10. The zero-order chi connectivity index (χ0) is 17.4. The first-order valence-electron chi connectivity index (χ1n) is 8.19.